The number of phenols is 2. The number of esters is 1. The minimum absolute atomic E-state index is 0.0464. The lowest BCUT2D eigenvalue weighted by atomic mass is 9.95. The van der Waals surface area contributed by atoms with E-state index in [0.29, 0.717) is 11.1 Å². The zero-order valence-corrected chi connectivity index (χ0v) is 19.2. The van der Waals surface area contributed by atoms with Gasteiger partial charge < -0.3 is 44.8 Å². The fraction of sp³-hybridized carbons (Fsp3) is 0.269. The van der Waals surface area contributed by atoms with Crippen LogP contribution in [0.15, 0.2) is 60.7 Å². The number of aromatic hydroxyl groups is 2. The first kappa shape index (κ1) is 25.4. The summed E-state index contributed by atoms with van der Waals surface area (Å²) in [6, 6.07) is 15.9. The first-order valence-electron chi connectivity index (χ1n) is 11.1. The molecular formula is C26H26O10. The van der Waals surface area contributed by atoms with Crippen molar-refractivity contribution in [1.29, 1.82) is 0 Å². The third-order valence-electron chi connectivity index (χ3n) is 6.00. The molecule has 1 aliphatic rings. The van der Waals surface area contributed by atoms with Crippen LogP contribution in [0.2, 0.25) is 0 Å². The summed E-state index contributed by atoms with van der Waals surface area (Å²) in [6.45, 7) is -0.663. The Balaban J connectivity index is 1.84. The lowest BCUT2D eigenvalue weighted by molar-refractivity contribution is -0.277. The van der Waals surface area contributed by atoms with Gasteiger partial charge in [-0.05, 0) is 29.3 Å². The zero-order chi connectivity index (χ0) is 26.0. The molecule has 10 heteroatoms. The highest BCUT2D eigenvalue weighted by Crippen LogP contribution is 2.50. The van der Waals surface area contributed by atoms with Crippen molar-refractivity contribution >= 4 is 5.97 Å². The van der Waals surface area contributed by atoms with E-state index in [2.05, 4.69) is 0 Å². The van der Waals surface area contributed by atoms with Crippen molar-refractivity contribution in [2.75, 3.05) is 13.7 Å². The van der Waals surface area contributed by atoms with Gasteiger partial charge in [-0.15, -0.1) is 0 Å². The van der Waals surface area contributed by atoms with E-state index in [1.165, 1.54) is 25.3 Å². The van der Waals surface area contributed by atoms with Crippen molar-refractivity contribution in [3.63, 3.8) is 0 Å². The Hall–Kier alpha value is -3.67. The van der Waals surface area contributed by atoms with E-state index >= 15 is 0 Å². The Kier molecular flexibility index (Phi) is 7.43. The van der Waals surface area contributed by atoms with E-state index in [0.717, 1.165) is 0 Å². The van der Waals surface area contributed by atoms with E-state index in [-0.39, 0.29) is 28.2 Å². The van der Waals surface area contributed by atoms with Gasteiger partial charge in [0.15, 0.2) is 11.5 Å². The van der Waals surface area contributed by atoms with Crippen LogP contribution in [0, 0.1) is 0 Å². The Morgan fingerprint density at radius 3 is 2.19 bits per heavy atom. The minimum Gasteiger partial charge on any atom is -0.507 e. The monoisotopic (exact) mass is 498 g/mol. The second-order valence-electron chi connectivity index (χ2n) is 8.25. The molecule has 0 aliphatic carbocycles. The van der Waals surface area contributed by atoms with Crippen LogP contribution in [0.1, 0.15) is 10.4 Å². The Labute approximate surface area is 206 Å². The van der Waals surface area contributed by atoms with Gasteiger partial charge >= 0.3 is 5.97 Å². The van der Waals surface area contributed by atoms with E-state index in [9.17, 15) is 35.4 Å². The van der Waals surface area contributed by atoms with Gasteiger partial charge in [-0.1, -0.05) is 42.5 Å². The third-order valence-corrected chi connectivity index (χ3v) is 6.00. The number of aliphatic hydroxyl groups excluding tert-OH is 4. The second-order valence-corrected chi connectivity index (χ2v) is 8.25. The smallest absolute Gasteiger partial charge is 0.337 e. The molecule has 4 rings (SSSR count). The van der Waals surface area contributed by atoms with Crippen LogP contribution in [0.5, 0.6) is 17.2 Å². The number of ether oxygens (including phenoxy) is 3. The quantitative estimate of drug-likeness (QED) is 0.274. The van der Waals surface area contributed by atoms with Gasteiger partial charge in [0.2, 0.25) is 6.29 Å². The number of methoxy groups -OCH3 is 1. The number of aliphatic hydroxyl groups is 4. The molecule has 0 saturated carbocycles. The zero-order valence-electron chi connectivity index (χ0n) is 19.2. The first-order valence-corrected chi connectivity index (χ1v) is 11.1. The third kappa shape index (κ3) is 4.72. The summed E-state index contributed by atoms with van der Waals surface area (Å²) < 4.78 is 16.0. The van der Waals surface area contributed by atoms with Crippen molar-refractivity contribution in [1.82, 2.24) is 0 Å². The normalized spacial score (nSPS) is 23.8. The Morgan fingerprint density at radius 1 is 0.917 bits per heavy atom. The number of phenolic OH excluding ortho intramolecular Hbond substituents is 2. The minimum atomic E-state index is -1.73. The highest BCUT2D eigenvalue weighted by atomic mass is 16.7. The standard InChI is InChI=1S/C26H26O10/c1-34-25(33)15-9-7-13(8-10-15)16-11-17(28)19(14-5-3-2-4-6-14)21(30)24(16)36-26-23(32)22(31)20(29)18(12-27)35-26/h2-11,18,20,22-23,26-32H,12H2,1H3/t18-,20-,22+,23-,26+/m1/s1. The fourth-order valence-electron chi connectivity index (χ4n) is 4.04. The molecule has 10 nitrogen and oxygen atoms in total. The molecule has 1 aliphatic heterocycles. The van der Waals surface area contributed by atoms with Gasteiger partial charge in [0.05, 0.1) is 24.8 Å². The Morgan fingerprint density at radius 2 is 1.58 bits per heavy atom. The fourth-order valence-corrected chi connectivity index (χ4v) is 4.04. The number of rotatable bonds is 6. The van der Waals surface area contributed by atoms with E-state index < -0.39 is 49.0 Å². The molecule has 190 valence electrons. The van der Waals surface area contributed by atoms with Crippen LogP contribution in [-0.2, 0) is 9.47 Å². The summed E-state index contributed by atoms with van der Waals surface area (Å²) in [5.74, 6) is -1.51. The topological polar surface area (TPSA) is 166 Å². The van der Waals surface area contributed by atoms with Gasteiger partial charge in [-0.25, -0.2) is 4.79 Å². The van der Waals surface area contributed by atoms with Crippen LogP contribution >= 0.6 is 0 Å². The molecule has 0 amide bonds. The number of carbonyl (C=O) groups is 1. The van der Waals surface area contributed by atoms with Gasteiger partial charge in [-0.2, -0.15) is 0 Å². The van der Waals surface area contributed by atoms with Gasteiger partial charge in [0, 0.05) is 5.56 Å². The van der Waals surface area contributed by atoms with Crippen LogP contribution < -0.4 is 4.74 Å². The molecule has 1 fully saturated rings. The van der Waals surface area contributed by atoms with E-state index in [4.69, 9.17) is 14.2 Å². The van der Waals surface area contributed by atoms with Gasteiger partial charge in [-0.3, -0.25) is 0 Å². The van der Waals surface area contributed by atoms with Gasteiger partial charge in [0.25, 0.3) is 0 Å². The van der Waals surface area contributed by atoms with Crippen molar-refractivity contribution in [2.24, 2.45) is 0 Å². The summed E-state index contributed by atoms with van der Waals surface area (Å²) in [5, 5.41) is 62.3. The Bertz CT molecular complexity index is 1210. The molecule has 1 heterocycles. The van der Waals surface area contributed by atoms with E-state index in [1.807, 2.05) is 0 Å². The maximum Gasteiger partial charge on any atom is 0.337 e. The molecule has 3 aromatic rings. The maximum atomic E-state index is 11.8. The predicted molar refractivity (Wildman–Crippen MR) is 126 cm³/mol. The number of hydrogen-bond acceptors (Lipinski definition) is 10. The summed E-state index contributed by atoms with van der Waals surface area (Å²) in [6.07, 6.45) is -7.84. The number of benzene rings is 3. The molecule has 0 bridgehead atoms. The summed E-state index contributed by atoms with van der Waals surface area (Å²) in [7, 11) is 1.25. The van der Waals surface area contributed by atoms with Crippen molar-refractivity contribution in [3.05, 3.63) is 66.2 Å². The molecular weight excluding hydrogens is 472 g/mol. The largest absolute Gasteiger partial charge is 0.507 e. The predicted octanol–water partition coefficient (Wildman–Crippen LogP) is 1.40. The number of hydrogen-bond donors (Lipinski definition) is 6. The average molecular weight is 498 g/mol. The summed E-state index contributed by atoms with van der Waals surface area (Å²) in [5.41, 5.74) is 1.39. The molecule has 5 atom stereocenters. The van der Waals surface area contributed by atoms with Gasteiger partial charge in [0.1, 0.15) is 30.2 Å². The highest BCUT2D eigenvalue weighted by molar-refractivity contribution is 5.91. The van der Waals surface area contributed by atoms with Crippen LogP contribution in [-0.4, -0.2) is 81.0 Å². The lowest BCUT2D eigenvalue weighted by Crippen LogP contribution is -2.60. The summed E-state index contributed by atoms with van der Waals surface area (Å²) in [4.78, 5) is 11.8. The molecule has 0 spiro atoms. The molecule has 0 radical (unpaired) electrons. The van der Waals surface area contributed by atoms with E-state index in [1.54, 1.807) is 42.5 Å². The first-order chi connectivity index (χ1) is 17.3. The average Bonchev–Trinajstić information content (AvgIpc) is 2.90. The highest BCUT2D eigenvalue weighted by Gasteiger charge is 2.45. The molecule has 0 aromatic heterocycles. The van der Waals surface area contributed by atoms with Crippen LogP contribution in [0.25, 0.3) is 22.3 Å². The van der Waals surface area contributed by atoms with Crippen LogP contribution in [0.3, 0.4) is 0 Å². The second kappa shape index (κ2) is 10.5. The summed E-state index contributed by atoms with van der Waals surface area (Å²) >= 11 is 0. The van der Waals surface area contributed by atoms with Crippen molar-refractivity contribution < 1.29 is 49.6 Å². The van der Waals surface area contributed by atoms with Crippen LogP contribution in [0.4, 0.5) is 0 Å². The maximum absolute atomic E-state index is 11.8. The lowest BCUT2D eigenvalue weighted by Gasteiger charge is -2.39. The molecule has 0 unspecified atom stereocenters. The SMILES string of the molecule is COC(=O)c1ccc(-c2cc(O)c(-c3ccccc3)c(O)c2O[C@@H]2O[C@H](CO)[C@@H](O)[C@H](O)[C@H]2O)cc1. The number of carbonyl (C=O) groups excluding carboxylic acids is 1. The molecule has 1 saturated heterocycles. The van der Waals surface area contributed by atoms with Crippen molar-refractivity contribution in [2.45, 2.75) is 30.7 Å². The van der Waals surface area contributed by atoms with Crippen molar-refractivity contribution in [3.8, 4) is 39.5 Å². The molecule has 6 N–H and O–H groups in total. The molecule has 3 aromatic carbocycles. The molecule has 36 heavy (non-hydrogen) atoms.